The van der Waals surface area contributed by atoms with Crippen LogP contribution in [0, 0.1) is 6.92 Å². The van der Waals surface area contributed by atoms with E-state index in [4.69, 9.17) is 4.52 Å². The van der Waals surface area contributed by atoms with Gasteiger partial charge in [-0.3, -0.25) is 4.98 Å². The zero-order valence-electron chi connectivity index (χ0n) is 11.6. The maximum absolute atomic E-state index is 5.41. The van der Waals surface area contributed by atoms with Crippen LogP contribution in [-0.2, 0) is 0 Å². The first kappa shape index (κ1) is 12.2. The van der Waals surface area contributed by atoms with Gasteiger partial charge in [0.25, 0.3) is 0 Å². The van der Waals surface area contributed by atoms with Crippen molar-refractivity contribution in [2.45, 2.75) is 25.2 Å². The second-order valence-corrected chi connectivity index (χ2v) is 5.35. The minimum absolute atomic E-state index is 0.323. The molecule has 0 N–H and O–H groups in total. The second kappa shape index (κ2) is 4.77. The third-order valence-corrected chi connectivity index (χ3v) is 3.93. The predicted molar refractivity (Wildman–Crippen MR) is 76.6 cm³/mol. The lowest BCUT2D eigenvalue weighted by atomic mass is 10.0. The highest BCUT2D eigenvalue weighted by Crippen LogP contribution is 2.54. The van der Waals surface area contributed by atoms with E-state index in [1.54, 1.807) is 18.6 Å². The van der Waals surface area contributed by atoms with Crippen LogP contribution in [0.3, 0.4) is 0 Å². The summed E-state index contributed by atoms with van der Waals surface area (Å²) in [5.74, 6) is 2.02. The van der Waals surface area contributed by atoms with Crippen molar-refractivity contribution < 1.29 is 4.52 Å². The van der Waals surface area contributed by atoms with Crippen LogP contribution in [0.15, 0.2) is 47.4 Å². The molecule has 104 valence electrons. The SMILES string of the molecule is Cc1ccccc1C1CC1c1nc(-c2cnccn2)no1. The molecule has 0 bridgehead atoms. The molecule has 5 heteroatoms. The molecule has 0 amide bonds. The highest BCUT2D eigenvalue weighted by Gasteiger charge is 2.44. The molecule has 1 saturated carbocycles. The van der Waals surface area contributed by atoms with Crippen LogP contribution < -0.4 is 0 Å². The zero-order valence-corrected chi connectivity index (χ0v) is 11.6. The molecule has 4 rings (SSSR count). The summed E-state index contributed by atoms with van der Waals surface area (Å²) in [5.41, 5.74) is 3.33. The lowest BCUT2D eigenvalue weighted by Crippen LogP contribution is -1.89. The molecule has 2 atom stereocenters. The van der Waals surface area contributed by atoms with Gasteiger partial charge in [0, 0.05) is 18.3 Å². The summed E-state index contributed by atoms with van der Waals surface area (Å²) in [6.07, 6.45) is 5.95. The van der Waals surface area contributed by atoms with Gasteiger partial charge in [-0.25, -0.2) is 4.98 Å². The van der Waals surface area contributed by atoms with Gasteiger partial charge in [0.15, 0.2) is 0 Å². The molecule has 5 nitrogen and oxygen atoms in total. The Labute approximate surface area is 122 Å². The van der Waals surface area contributed by atoms with E-state index < -0.39 is 0 Å². The van der Waals surface area contributed by atoms with Crippen molar-refractivity contribution in [3.63, 3.8) is 0 Å². The molecule has 3 aromatic rings. The molecule has 0 saturated heterocycles. The van der Waals surface area contributed by atoms with Crippen LogP contribution in [0.1, 0.15) is 35.3 Å². The topological polar surface area (TPSA) is 64.7 Å². The van der Waals surface area contributed by atoms with Gasteiger partial charge in [0.2, 0.25) is 11.7 Å². The molecular formula is C16H14N4O. The number of benzene rings is 1. The maximum Gasteiger partial charge on any atom is 0.230 e. The van der Waals surface area contributed by atoms with Crippen molar-refractivity contribution in [1.82, 2.24) is 20.1 Å². The Balaban J connectivity index is 1.57. The Morgan fingerprint density at radius 3 is 2.86 bits per heavy atom. The Morgan fingerprint density at radius 1 is 1.14 bits per heavy atom. The van der Waals surface area contributed by atoms with E-state index in [1.807, 2.05) is 0 Å². The Morgan fingerprint density at radius 2 is 2.05 bits per heavy atom. The van der Waals surface area contributed by atoms with E-state index in [0.29, 0.717) is 29.2 Å². The van der Waals surface area contributed by atoms with E-state index in [1.165, 1.54) is 11.1 Å². The van der Waals surface area contributed by atoms with Crippen molar-refractivity contribution in [3.05, 3.63) is 59.9 Å². The van der Waals surface area contributed by atoms with Crippen molar-refractivity contribution in [2.24, 2.45) is 0 Å². The fourth-order valence-electron chi connectivity index (χ4n) is 2.72. The van der Waals surface area contributed by atoms with E-state index in [-0.39, 0.29) is 0 Å². The predicted octanol–water partition coefficient (Wildman–Crippen LogP) is 3.11. The van der Waals surface area contributed by atoms with Gasteiger partial charge in [-0.1, -0.05) is 29.4 Å². The highest BCUT2D eigenvalue weighted by atomic mass is 16.5. The third-order valence-electron chi connectivity index (χ3n) is 3.93. The standard InChI is InChI=1S/C16H14N4O/c1-10-4-2-3-5-11(10)12-8-13(12)16-19-15(20-21-16)14-9-17-6-7-18-14/h2-7,9,12-13H,8H2,1H3. The van der Waals surface area contributed by atoms with Crippen molar-refractivity contribution >= 4 is 0 Å². The van der Waals surface area contributed by atoms with E-state index >= 15 is 0 Å². The van der Waals surface area contributed by atoms with Crippen molar-refractivity contribution in [1.29, 1.82) is 0 Å². The number of rotatable bonds is 3. The van der Waals surface area contributed by atoms with Crippen molar-refractivity contribution in [2.75, 3.05) is 0 Å². The van der Waals surface area contributed by atoms with Crippen LogP contribution in [0.4, 0.5) is 0 Å². The lowest BCUT2D eigenvalue weighted by Gasteiger charge is -2.02. The largest absolute Gasteiger partial charge is 0.339 e. The first-order valence-corrected chi connectivity index (χ1v) is 6.98. The maximum atomic E-state index is 5.41. The van der Waals surface area contributed by atoms with Crippen molar-refractivity contribution in [3.8, 4) is 11.5 Å². The number of aryl methyl sites for hydroxylation is 1. The van der Waals surface area contributed by atoms with Crippen LogP contribution in [0.5, 0.6) is 0 Å². The number of hydrogen-bond donors (Lipinski definition) is 0. The summed E-state index contributed by atoms with van der Waals surface area (Å²) in [5, 5.41) is 4.01. The second-order valence-electron chi connectivity index (χ2n) is 5.35. The third kappa shape index (κ3) is 2.20. The molecular weight excluding hydrogens is 264 g/mol. The molecule has 2 heterocycles. The molecule has 2 aromatic heterocycles. The van der Waals surface area contributed by atoms with Gasteiger partial charge in [0.1, 0.15) is 5.69 Å². The summed E-state index contributed by atoms with van der Waals surface area (Å²) in [4.78, 5) is 12.7. The minimum Gasteiger partial charge on any atom is -0.339 e. The summed E-state index contributed by atoms with van der Waals surface area (Å²) in [7, 11) is 0. The Hall–Kier alpha value is -2.56. The van der Waals surface area contributed by atoms with Crippen LogP contribution >= 0.6 is 0 Å². The van der Waals surface area contributed by atoms with E-state index in [9.17, 15) is 0 Å². The number of hydrogen-bond acceptors (Lipinski definition) is 5. The molecule has 1 aromatic carbocycles. The molecule has 1 aliphatic carbocycles. The van der Waals surface area contributed by atoms with Gasteiger partial charge in [0.05, 0.1) is 6.20 Å². The van der Waals surface area contributed by atoms with Crippen LogP contribution in [0.2, 0.25) is 0 Å². The highest BCUT2D eigenvalue weighted by molar-refractivity contribution is 5.46. The normalized spacial score (nSPS) is 20.4. The monoisotopic (exact) mass is 278 g/mol. The quantitative estimate of drug-likeness (QED) is 0.736. The fraction of sp³-hybridized carbons (Fsp3) is 0.250. The molecule has 0 aliphatic heterocycles. The van der Waals surface area contributed by atoms with Gasteiger partial charge in [-0.05, 0) is 30.4 Å². The summed E-state index contributed by atoms with van der Waals surface area (Å²) < 4.78 is 5.41. The van der Waals surface area contributed by atoms with Crippen LogP contribution in [-0.4, -0.2) is 20.1 Å². The van der Waals surface area contributed by atoms with Gasteiger partial charge in [-0.2, -0.15) is 4.98 Å². The Bertz CT molecular complexity index is 769. The average Bonchev–Trinajstić information content (AvgIpc) is 3.16. The molecule has 1 fully saturated rings. The lowest BCUT2D eigenvalue weighted by molar-refractivity contribution is 0.378. The summed E-state index contributed by atoms with van der Waals surface area (Å²) in [6.45, 7) is 2.14. The van der Waals surface area contributed by atoms with Gasteiger partial charge < -0.3 is 4.52 Å². The number of aromatic nitrogens is 4. The minimum atomic E-state index is 0.323. The van der Waals surface area contributed by atoms with Crippen LogP contribution in [0.25, 0.3) is 11.5 Å². The Kier molecular flexibility index (Phi) is 2.77. The summed E-state index contributed by atoms with van der Waals surface area (Å²) >= 11 is 0. The summed E-state index contributed by atoms with van der Waals surface area (Å²) in [6, 6.07) is 8.47. The molecule has 1 aliphatic rings. The van der Waals surface area contributed by atoms with Gasteiger partial charge >= 0.3 is 0 Å². The molecule has 0 spiro atoms. The van der Waals surface area contributed by atoms with Gasteiger partial charge in [-0.15, -0.1) is 0 Å². The zero-order chi connectivity index (χ0) is 14.2. The number of nitrogens with zero attached hydrogens (tertiary/aromatic N) is 4. The fourth-order valence-corrected chi connectivity index (χ4v) is 2.72. The first-order valence-electron chi connectivity index (χ1n) is 6.98. The molecule has 0 radical (unpaired) electrons. The molecule has 2 unspecified atom stereocenters. The average molecular weight is 278 g/mol. The molecule has 21 heavy (non-hydrogen) atoms. The van der Waals surface area contributed by atoms with E-state index in [2.05, 4.69) is 51.3 Å². The first-order chi connectivity index (χ1) is 10.3. The van der Waals surface area contributed by atoms with E-state index in [0.717, 1.165) is 6.42 Å². The smallest absolute Gasteiger partial charge is 0.230 e.